The maximum Gasteiger partial charge on any atom is 0.167 e. The van der Waals surface area contributed by atoms with Crippen LogP contribution in [0.3, 0.4) is 0 Å². The van der Waals surface area contributed by atoms with E-state index >= 15 is 0 Å². The molecule has 2 aromatic carbocycles. The Morgan fingerprint density at radius 3 is 2.90 bits per heavy atom. The van der Waals surface area contributed by atoms with Crippen LogP contribution in [0.15, 0.2) is 48.7 Å². The van der Waals surface area contributed by atoms with E-state index in [1.165, 1.54) is 17.0 Å². The summed E-state index contributed by atoms with van der Waals surface area (Å²) >= 11 is 0. The Bertz CT molecular complexity index is 751. The summed E-state index contributed by atoms with van der Waals surface area (Å²) in [4.78, 5) is 3.18. The average molecular weight is 284 g/mol. The van der Waals surface area contributed by atoms with Gasteiger partial charge in [0.1, 0.15) is 0 Å². The summed E-state index contributed by atoms with van der Waals surface area (Å²) in [5.74, 6) is -0.0579. The molecule has 3 nitrogen and oxygen atoms in total. The Labute approximate surface area is 122 Å². The number of ether oxygens (including phenoxy) is 1. The van der Waals surface area contributed by atoms with Gasteiger partial charge in [-0.3, -0.25) is 0 Å². The number of hydrogen-bond donors (Lipinski definition) is 2. The molecular formula is C17H17FN2O. The molecule has 0 aliphatic carbocycles. The van der Waals surface area contributed by atoms with Crippen molar-refractivity contribution in [1.29, 1.82) is 0 Å². The second-order valence-corrected chi connectivity index (χ2v) is 4.79. The number of halogens is 1. The van der Waals surface area contributed by atoms with E-state index in [4.69, 9.17) is 4.74 Å². The molecule has 1 heterocycles. The highest BCUT2D eigenvalue weighted by Crippen LogP contribution is 2.23. The van der Waals surface area contributed by atoms with Crippen molar-refractivity contribution in [3.05, 3.63) is 60.0 Å². The monoisotopic (exact) mass is 284 g/mol. The van der Waals surface area contributed by atoms with E-state index in [-0.39, 0.29) is 11.6 Å². The van der Waals surface area contributed by atoms with Gasteiger partial charge < -0.3 is 15.0 Å². The third kappa shape index (κ3) is 2.84. The number of rotatable bonds is 5. The molecule has 0 unspecified atom stereocenters. The minimum absolute atomic E-state index is 0.288. The van der Waals surface area contributed by atoms with Gasteiger partial charge in [0.15, 0.2) is 11.6 Å². The van der Waals surface area contributed by atoms with Gasteiger partial charge in [0, 0.05) is 35.4 Å². The zero-order valence-electron chi connectivity index (χ0n) is 11.8. The fourth-order valence-electron chi connectivity index (χ4n) is 2.39. The zero-order valence-corrected chi connectivity index (χ0v) is 11.8. The Morgan fingerprint density at radius 2 is 2.10 bits per heavy atom. The number of aromatic amines is 1. The van der Waals surface area contributed by atoms with Crippen molar-refractivity contribution in [2.45, 2.75) is 13.5 Å². The summed E-state index contributed by atoms with van der Waals surface area (Å²) in [6.07, 6.45) is 1.92. The van der Waals surface area contributed by atoms with Crippen LogP contribution in [0.4, 0.5) is 10.1 Å². The first-order valence-electron chi connectivity index (χ1n) is 6.99. The summed E-state index contributed by atoms with van der Waals surface area (Å²) in [6, 6.07) is 13.1. The summed E-state index contributed by atoms with van der Waals surface area (Å²) in [5.41, 5.74) is 3.01. The first kappa shape index (κ1) is 13.5. The van der Waals surface area contributed by atoms with Gasteiger partial charge in [-0.05, 0) is 36.8 Å². The average Bonchev–Trinajstić information content (AvgIpc) is 2.97. The van der Waals surface area contributed by atoms with Crippen LogP contribution in [0.2, 0.25) is 0 Å². The van der Waals surface area contributed by atoms with Crippen molar-refractivity contribution in [2.75, 3.05) is 11.9 Å². The lowest BCUT2D eigenvalue weighted by atomic mass is 10.1. The molecule has 2 N–H and O–H groups in total. The Balaban J connectivity index is 1.75. The Kier molecular flexibility index (Phi) is 3.77. The Morgan fingerprint density at radius 1 is 1.19 bits per heavy atom. The number of aromatic nitrogens is 1. The number of fused-ring (bicyclic) bond motifs is 1. The standard InChI is InChI=1S/C17H17FN2O/c1-2-21-17-7-6-13(10-15(17)18)20-11-12-4-3-5-16-14(12)8-9-19-16/h3-10,19-20H,2,11H2,1H3. The molecule has 0 saturated carbocycles. The van der Waals surface area contributed by atoms with Crippen molar-refractivity contribution >= 4 is 16.6 Å². The zero-order chi connectivity index (χ0) is 14.7. The van der Waals surface area contributed by atoms with Gasteiger partial charge in [-0.1, -0.05) is 12.1 Å². The molecule has 3 rings (SSSR count). The maximum absolute atomic E-state index is 13.8. The molecule has 0 aliphatic rings. The van der Waals surface area contributed by atoms with Crippen LogP contribution in [-0.4, -0.2) is 11.6 Å². The van der Waals surface area contributed by atoms with E-state index in [0.29, 0.717) is 13.2 Å². The topological polar surface area (TPSA) is 37.0 Å². The van der Waals surface area contributed by atoms with E-state index in [1.54, 1.807) is 6.07 Å². The molecule has 0 spiro atoms. The molecule has 108 valence electrons. The third-order valence-electron chi connectivity index (χ3n) is 3.40. The lowest BCUT2D eigenvalue weighted by Crippen LogP contribution is -2.01. The van der Waals surface area contributed by atoms with Gasteiger partial charge in [-0.2, -0.15) is 0 Å². The summed E-state index contributed by atoms with van der Waals surface area (Å²) < 4.78 is 19.0. The molecule has 0 aliphatic heterocycles. The minimum atomic E-state index is -0.346. The van der Waals surface area contributed by atoms with E-state index in [9.17, 15) is 4.39 Å². The molecule has 0 radical (unpaired) electrons. The summed E-state index contributed by atoms with van der Waals surface area (Å²) in [6.45, 7) is 2.94. The number of benzene rings is 2. The van der Waals surface area contributed by atoms with Crippen LogP contribution in [0.25, 0.3) is 10.9 Å². The predicted molar refractivity (Wildman–Crippen MR) is 83.2 cm³/mol. The number of nitrogens with one attached hydrogen (secondary N) is 2. The fourth-order valence-corrected chi connectivity index (χ4v) is 2.39. The predicted octanol–water partition coefficient (Wildman–Crippen LogP) is 4.32. The lowest BCUT2D eigenvalue weighted by Gasteiger charge is -2.10. The van der Waals surface area contributed by atoms with Crippen molar-refractivity contribution < 1.29 is 9.13 Å². The van der Waals surface area contributed by atoms with Gasteiger partial charge in [0.25, 0.3) is 0 Å². The van der Waals surface area contributed by atoms with E-state index in [1.807, 2.05) is 37.4 Å². The first-order valence-corrected chi connectivity index (χ1v) is 6.99. The highest BCUT2D eigenvalue weighted by Gasteiger charge is 2.05. The molecule has 0 amide bonds. The van der Waals surface area contributed by atoms with Crippen molar-refractivity contribution in [1.82, 2.24) is 4.98 Å². The highest BCUT2D eigenvalue weighted by atomic mass is 19.1. The van der Waals surface area contributed by atoms with Crippen molar-refractivity contribution in [3.63, 3.8) is 0 Å². The van der Waals surface area contributed by atoms with E-state index in [2.05, 4.69) is 16.4 Å². The second-order valence-electron chi connectivity index (χ2n) is 4.79. The van der Waals surface area contributed by atoms with Gasteiger partial charge in [0.05, 0.1) is 6.61 Å². The summed E-state index contributed by atoms with van der Waals surface area (Å²) in [7, 11) is 0. The molecule has 1 aromatic heterocycles. The molecule has 0 fully saturated rings. The smallest absolute Gasteiger partial charge is 0.167 e. The Hall–Kier alpha value is -2.49. The van der Waals surface area contributed by atoms with E-state index in [0.717, 1.165) is 11.2 Å². The van der Waals surface area contributed by atoms with Crippen LogP contribution in [0.5, 0.6) is 5.75 Å². The maximum atomic E-state index is 13.8. The highest BCUT2D eigenvalue weighted by molar-refractivity contribution is 5.83. The fraction of sp³-hybridized carbons (Fsp3) is 0.176. The van der Waals surface area contributed by atoms with Crippen LogP contribution >= 0.6 is 0 Å². The van der Waals surface area contributed by atoms with Crippen molar-refractivity contribution in [2.24, 2.45) is 0 Å². The third-order valence-corrected chi connectivity index (χ3v) is 3.40. The van der Waals surface area contributed by atoms with E-state index < -0.39 is 0 Å². The van der Waals surface area contributed by atoms with Gasteiger partial charge in [0.2, 0.25) is 0 Å². The second kappa shape index (κ2) is 5.87. The minimum Gasteiger partial charge on any atom is -0.491 e. The molecule has 0 atom stereocenters. The van der Waals surface area contributed by atoms with Crippen LogP contribution in [0, 0.1) is 5.82 Å². The number of anilines is 1. The molecule has 21 heavy (non-hydrogen) atoms. The van der Waals surface area contributed by atoms with Crippen LogP contribution < -0.4 is 10.1 Å². The van der Waals surface area contributed by atoms with Crippen molar-refractivity contribution in [3.8, 4) is 5.75 Å². The normalized spacial score (nSPS) is 10.8. The SMILES string of the molecule is CCOc1ccc(NCc2cccc3[nH]ccc23)cc1F. The van der Waals surface area contributed by atoms with Crippen LogP contribution in [0.1, 0.15) is 12.5 Å². The first-order chi connectivity index (χ1) is 10.3. The van der Waals surface area contributed by atoms with Gasteiger partial charge in [-0.15, -0.1) is 0 Å². The molecule has 0 saturated heterocycles. The molecule has 4 heteroatoms. The quantitative estimate of drug-likeness (QED) is 0.732. The molecule has 3 aromatic rings. The molecule has 0 bridgehead atoms. The largest absolute Gasteiger partial charge is 0.491 e. The summed E-state index contributed by atoms with van der Waals surface area (Å²) in [5, 5.41) is 4.42. The molecular weight excluding hydrogens is 267 g/mol. The number of H-pyrrole nitrogens is 1. The van der Waals surface area contributed by atoms with Crippen LogP contribution in [-0.2, 0) is 6.54 Å². The van der Waals surface area contributed by atoms with Gasteiger partial charge in [-0.25, -0.2) is 4.39 Å². The number of hydrogen-bond acceptors (Lipinski definition) is 2. The van der Waals surface area contributed by atoms with Gasteiger partial charge >= 0.3 is 0 Å². The lowest BCUT2D eigenvalue weighted by molar-refractivity contribution is 0.321.